The average Bonchev–Trinajstić information content (AvgIpc) is 3.94. The van der Waals surface area contributed by atoms with Crippen LogP contribution in [-0.2, 0) is 12.4 Å². The van der Waals surface area contributed by atoms with Gasteiger partial charge in [0.05, 0.1) is 17.7 Å². The van der Waals surface area contributed by atoms with Gasteiger partial charge in [-0.25, -0.2) is 9.97 Å². The van der Waals surface area contributed by atoms with E-state index in [9.17, 15) is 35.9 Å². The predicted octanol–water partition coefficient (Wildman–Crippen LogP) is 10.0. The minimum atomic E-state index is -4.77. The number of nitrogens with zero attached hydrogens (tertiary/aromatic N) is 7. The lowest BCUT2D eigenvalue weighted by molar-refractivity contribution is -0.275. The van der Waals surface area contributed by atoms with Gasteiger partial charge >= 0.3 is 12.7 Å². The van der Waals surface area contributed by atoms with Gasteiger partial charge in [-0.15, -0.1) is 37.9 Å². The standard InChI is InChI=1S/C20H12ClF3N4O3.C14H8F3N3O3.C6H5Cl2N/c21-16-9-12(7-8-25-16)10-28-11-14(3-6-17(28)29)19-26-18(27-31-19)13-1-4-15(5-2-13)30-20(22,23)24;15-14(16,17)22-10-4-1-8(2-5-10)12-19-13(23-20-12)9-3-6-11(21)18-7-9;7-4-5-1-2-9-6(8)3-5/h1-9,11H,10H2;1-7H,(H,18,21);1-3H,4H2. The number of aromatic nitrogens is 8. The zero-order chi connectivity index (χ0) is 45.1. The zero-order valence-corrected chi connectivity index (χ0v) is 33.7. The first-order valence-electron chi connectivity index (χ1n) is 17.6. The number of pyridine rings is 4. The van der Waals surface area contributed by atoms with Crippen molar-refractivity contribution in [2.75, 3.05) is 0 Å². The van der Waals surface area contributed by atoms with Crippen LogP contribution >= 0.6 is 34.8 Å². The van der Waals surface area contributed by atoms with Crippen molar-refractivity contribution in [1.82, 2.24) is 39.8 Å². The Kier molecular flexibility index (Phi) is 14.6. The first kappa shape index (κ1) is 45.5. The Morgan fingerprint density at radius 2 is 1.10 bits per heavy atom. The maximum Gasteiger partial charge on any atom is 0.573 e. The van der Waals surface area contributed by atoms with Gasteiger partial charge in [0.2, 0.25) is 17.2 Å². The van der Waals surface area contributed by atoms with Gasteiger partial charge in [-0.05, 0) is 96.1 Å². The summed E-state index contributed by atoms with van der Waals surface area (Å²) >= 11 is 17.0. The molecule has 0 radical (unpaired) electrons. The number of halogens is 9. The van der Waals surface area contributed by atoms with E-state index in [1.54, 1.807) is 36.8 Å². The molecule has 0 aliphatic rings. The molecule has 23 heteroatoms. The molecule has 0 atom stereocenters. The van der Waals surface area contributed by atoms with Crippen molar-refractivity contribution in [2.24, 2.45) is 0 Å². The minimum Gasteiger partial charge on any atom is -0.406 e. The molecular formula is C40H25Cl3F6N8O6. The fourth-order valence-corrected chi connectivity index (χ4v) is 5.67. The van der Waals surface area contributed by atoms with Crippen LogP contribution in [0.4, 0.5) is 26.3 Å². The van der Waals surface area contributed by atoms with E-state index in [0.29, 0.717) is 38.4 Å². The number of ether oxygens (including phenoxy) is 2. The van der Waals surface area contributed by atoms with Crippen LogP contribution in [0.5, 0.6) is 11.5 Å². The summed E-state index contributed by atoms with van der Waals surface area (Å²) in [6, 6.07) is 22.8. The van der Waals surface area contributed by atoms with E-state index < -0.39 is 12.7 Å². The van der Waals surface area contributed by atoms with Gasteiger partial charge in [0.15, 0.2) is 0 Å². The van der Waals surface area contributed by atoms with Gasteiger partial charge in [0.1, 0.15) is 21.8 Å². The van der Waals surface area contributed by atoms with Crippen molar-refractivity contribution in [2.45, 2.75) is 25.1 Å². The first-order valence-corrected chi connectivity index (χ1v) is 18.9. The average molecular weight is 934 g/mol. The Morgan fingerprint density at radius 1 is 0.619 bits per heavy atom. The van der Waals surface area contributed by atoms with Crippen molar-refractivity contribution in [3.8, 4) is 57.2 Å². The lowest BCUT2D eigenvalue weighted by Gasteiger charge is -2.08. The van der Waals surface area contributed by atoms with Gasteiger partial charge < -0.3 is 28.1 Å². The second-order valence-corrected chi connectivity index (χ2v) is 13.5. The summed E-state index contributed by atoms with van der Waals surface area (Å²) in [7, 11) is 0. The van der Waals surface area contributed by atoms with Gasteiger partial charge in [-0.1, -0.05) is 33.5 Å². The molecule has 2 aromatic carbocycles. The summed E-state index contributed by atoms with van der Waals surface area (Å²) in [6.07, 6.45) is -3.35. The number of hydrogen-bond acceptors (Lipinski definition) is 12. The molecule has 1 N–H and O–H groups in total. The quantitative estimate of drug-likeness (QED) is 0.0825. The Balaban J connectivity index is 0.000000180. The van der Waals surface area contributed by atoms with E-state index in [1.165, 1.54) is 59.3 Å². The smallest absolute Gasteiger partial charge is 0.406 e. The number of H-pyrrole nitrogens is 1. The van der Waals surface area contributed by atoms with E-state index in [-0.39, 0.29) is 52.6 Å². The third-order valence-electron chi connectivity index (χ3n) is 7.89. The molecule has 14 nitrogen and oxygen atoms in total. The third kappa shape index (κ3) is 13.7. The minimum absolute atomic E-state index is 0.145. The molecule has 0 bridgehead atoms. The Hall–Kier alpha value is -7.03. The highest BCUT2D eigenvalue weighted by atomic mass is 35.5. The van der Waals surface area contributed by atoms with Crippen molar-refractivity contribution < 1.29 is 44.9 Å². The summed E-state index contributed by atoms with van der Waals surface area (Å²) in [6.45, 7) is 0.260. The maximum absolute atomic E-state index is 12.3. The van der Waals surface area contributed by atoms with Crippen LogP contribution in [0.15, 0.2) is 140 Å². The molecule has 324 valence electrons. The van der Waals surface area contributed by atoms with E-state index in [0.717, 1.165) is 35.4 Å². The largest absolute Gasteiger partial charge is 0.573 e. The summed E-state index contributed by atoms with van der Waals surface area (Å²) in [5.41, 5.74) is 3.17. The fraction of sp³-hybridized carbons (Fsp3) is 0.100. The highest BCUT2D eigenvalue weighted by molar-refractivity contribution is 6.29. The second kappa shape index (κ2) is 20.2. The topological polar surface area (TPSA) is 177 Å². The van der Waals surface area contributed by atoms with Gasteiger partial charge in [-0.3, -0.25) is 9.59 Å². The van der Waals surface area contributed by atoms with Gasteiger partial charge in [0.25, 0.3) is 17.3 Å². The summed E-state index contributed by atoms with van der Waals surface area (Å²) < 4.78 is 92.5. The van der Waals surface area contributed by atoms with Gasteiger partial charge in [-0.2, -0.15) is 9.97 Å². The SMILES string of the molecule is ClCc1ccnc(Cl)c1.O=c1ccc(-c2nc(-c3ccc(OC(F)(F)F)cc3)no2)c[nH]1.O=c1ccc(-c2nc(-c3ccc(OC(F)(F)F)cc3)no2)cn1Cc1ccnc(Cl)c1. The van der Waals surface area contributed by atoms with Crippen LogP contribution in [-0.4, -0.2) is 52.5 Å². The molecule has 0 unspecified atom stereocenters. The van der Waals surface area contributed by atoms with E-state index in [1.807, 2.05) is 6.07 Å². The van der Waals surface area contributed by atoms with E-state index >= 15 is 0 Å². The highest BCUT2D eigenvalue weighted by Gasteiger charge is 2.32. The highest BCUT2D eigenvalue weighted by Crippen LogP contribution is 2.28. The molecule has 0 fully saturated rings. The molecule has 6 aromatic heterocycles. The number of nitrogens with one attached hydrogen (secondary N) is 1. The molecule has 8 rings (SSSR count). The number of aromatic amines is 1. The van der Waals surface area contributed by atoms with Crippen LogP contribution < -0.4 is 20.6 Å². The molecular weight excluding hydrogens is 909 g/mol. The molecule has 8 aromatic rings. The molecule has 0 aliphatic carbocycles. The number of alkyl halides is 7. The molecule has 0 saturated carbocycles. The van der Waals surface area contributed by atoms with E-state index in [4.69, 9.17) is 43.8 Å². The molecule has 0 aliphatic heterocycles. The monoisotopic (exact) mass is 932 g/mol. The van der Waals surface area contributed by atoms with E-state index in [2.05, 4.69) is 44.7 Å². The molecule has 0 amide bonds. The van der Waals surface area contributed by atoms with Crippen molar-refractivity contribution in [1.29, 1.82) is 0 Å². The number of rotatable bonds is 9. The second-order valence-electron chi connectivity index (χ2n) is 12.4. The first-order chi connectivity index (χ1) is 30.0. The Labute approximate surface area is 364 Å². The third-order valence-corrected chi connectivity index (χ3v) is 8.62. The molecule has 0 spiro atoms. The van der Waals surface area contributed by atoms with Crippen LogP contribution in [0.1, 0.15) is 11.1 Å². The lowest BCUT2D eigenvalue weighted by atomic mass is 10.2. The summed E-state index contributed by atoms with van der Waals surface area (Å²) in [4.78, 5) is 41.8. The van der Waals surface area contributed by atoms with Crippen molar-refractivity contribution >= 4 is 34.8 Å². The van der Waals surface area contributed by atoms with Gasteiger partial charge in [0, 0.05) is 53.9 Å². The predicted molar refractivity (Wildman–Crippen MR) is 216 cm³/mol. The van der Waals surface area contributed by atoms with Crippen LogP contribution in [0.25, 0.3) is 45.7 Å². The lowest BCUT2D eigenvalue weighted by Crippen LogP contribution is -2.19. The zero-order valence-electron chi connectivity index (χ0n) is 31.4. The van der Waals surface area contributed by atoms with Crippen LogP contribution in [0.3, 0.4) is 0 Å². The fourth-order valence-electron chi connectivity index (χ4n) is 5.12. The summed E-state index contributed by atoms with van der Waals surface area (Å²) in [5.74, 6) is 0.479. The normalized spacial score (nSPS) is 11.2. The molecule has 6 heterocycles. The van der Waals surface area contributed by atoms with Crippen molar-refractivity contribution in [3.05, 3.63) is 164 Å². The number of benzene rings is 2. The Bertz CT molecular complexity index is 2870. The molecule has 63 heavy (non-hydrogen) atoms. The summed E-state index contributed by atoms with van der Waals surface area (Å²) in [5, 5.41) is 8.41. The number of hydrogen-bond donors (Lipinski definition) is 1. The van der Waals surface area contributed by atoms with Crippen LogP contribution in [0.2, 0.25) is 10.3 Å². The van der Waals surface area contributed by atoms with Crippen molar-refractivity contribution in [3.63, 3.8) is 0 Å². The van der Waals surface area contributed by atoms with Crippen LogP contribution in [0, 0.1) is 0 Å². The Morgan fingerprint density at radius 3 is 1.56 bits per heavy atom. The molecule has 0 saturated heterocycles. The maximum atomic E-state index is 12.3.